The molecular formula is C54H46N2O5. The molecule has 0 aromatic heterocycles. The van der Waals surface area contributed by atoms with Crippen LogP contribution in [0.4, 0.5) is 11.4 Å². The molecule has 61 heavy (non-hydrogen) atoms. The molecule has 7 heteroatoms. The van der Waals surface area contributed by atoms with Gasteiger partial charge in [0, 0.05) is 33.0 Å². The number of carbonyl (C=O) groups is 4. The minimum atomic E-state index is -0.397. The topological polar surface area (TPSA) is 95.0 Å². The number of hydrogen-bond donors (Lipinski definition) is 1. The molecule has 0 aliphatic carbocycles. The molecule has 2 aliphatic rings. The predicted octanol–water partition coefficient (Wildman–Crippen LogP) is 13.2. The van der Waals surface area contributed by atoms with Crippen molar-refractivity contribution in [2.75, 3.05) is 9.80 Å². The van der Waals surface area contributed by atoms with E-state index in [1.54, 1.807) is 12.1 Å². The molecule has 0 spiro atoms. The number of rotatable bonds is 7. The van der Waals surface area contributed by atoms with Crippen molar-refractivity contribution < 1.29 is 24.3 Å². The van der Waals surface area contributed by atoms with Crippen LogP contribution in [-0.2, 0) is 0 Å². The minimum absolute atomic E-state index is 0.0466. The van der Waals surface area contributed by atoms with Crippen LogP contribution in [0.5, 0.6) is 5.75 Å². The third-order valence-corrected chi connectivity index (χ3v) is 13.0. The highest BCUT2D eigenvalue weighted by atomic mass is 16.3. The van der Waals surface area contributed by atoms with E-state index in [0.29, 0.717) is 44.4 Å². The minimum Gasteiger partial charge on any atom is -0.508 e. The fourth-order valence-electron chi connectivity index (χ4n) is 10.2. The van der Waals surface area contributed by atoms with Crippen LogP contribution < -0.4 is 9.80 Å². The molecule has 1 N–H and O–H groups in total. The Balaban J connectivity index is 1.29. The summed E-state index contributed by atoms with van der Waals surface area (Å²) < 4.78 is 0. The smallest absolute Gasteiger partial charge is 0.266 e. The molecule has 7 nitrogen and oxygen atoms in total. The van der Waals surface area contributed by atoms with Crippen molar-refractivity contribution in [1.82, 2.24) is 0 Å². The third kappa shape index (κ3) is 5.29. The van der Waals surface area contributed by atoms with Gasteiger partial charge in [0.25, 0.3) is 23.6 Å². The van der Waals surface area contributed by atoms with Crippen LogP contribution in [-0.4, -0.2) is 28.7 Å². The van der Waals surface area contributed by atoms with E-state index in [2.05, 4.69) is 55.4 Å². The van der Waals surface area contributed by atoms with Crippen LogP contribution in [0.2, 0.25) is 0 Å². The lowest BCUT2D eigenvalue weighted by Gasteiger charge is -2.34. The zero-order valence-corrected chi connectivity index (χ0v) is 35.6. The van der Waals surface area contributed by atoms with Crippen molar-refractivity contribution in [3.63, 3.8) is 0 Å². The molecule has 0 unspecified atom stereocenters. The first-order chi connectivity index (χ1) is 29.2. The lowest BCUT2D eigenvalue weighted by molar-refractivity contribution is 0.0877. The Hall–Kier alpha value is -6.86. The summed E-state index contributed by atoms with van der Waals surface area (Å²) in [6, 6.07) is 32.1. The maximum absolute atomic E-state index is 15.2. The highest BCUT2D eigenvalue weighted by molar-refractivity contribution is 6.46. The van der Waals surface area contributed by atoms with Crippen molar-refractivity contribution in [3.05, 3.63) is 148 Å². The fraction of sp³-hybridized carbons (Fsp3) is 0.222. The summed E-state index contributed by atoms with van der Waals surface area (Å²) in [6.07, 6.45) is 0. The number of anilines is 2. The second-order valence-electron chi connectivity index (χ2n) is 18.0. The van der Waals surface area contributed by atoms with Gasteiger partial charge in [0.1, 0.15) is 5.75 Å². The average Bonchev–Trinajstić information content (AvgIpc) is 3.24. The molecule has 8 aromatic rings. The number of nitrogens with zero attached hydrogens (tertiary/aromatic N) is 2. The van der Waals surface area contributed by atoms with Crippen LogP contribution >= 0.6 is 0 Å². The number of aromatic hydroxyl groups is 1. The number of hydrogen-bond acceptors (Lipinski definition) is 5. The average molecular weight is 803 g/mol. The Morgan fingerprint density at radius 3 is 1.18 bits per heavy atom. The van der Waals surface area contributed by atoms with Crippen molar-refractivity contribution in [2.45, 2.75) is 79.1 Å². The maximum atomic E-state index is 15.2. The molecule has 4 amide bonds. The normalized spacial score (nSPS) is 14.3. The molecule has 2 heterocycles. The molecule has 0 saturated carbocycles. The van der Waals surface area contributed by atoms with Gasteiger partial charge in [-0.2, -0.15) is 0 Å². The molecule has 0 atom stereocenters. The van der Waals surface area contributed by atoms with Gasteiger partial charge in [-0.1, -0.05) is 122 Å². The summed E-state index contributed by atoms with van der Waals surface area (Å²) in [4.78, 5) is 62.9. The lowest BCUT2D eigenvalue weighted by Crippen LogP contribution is -2.42. The van der Waals surface area contributed by atoms with Crippen LogP contribution in [0.25, 0.3) is 54.2 Å². The molecule has 2 aliphatic heterocycles. The summed E-state index contributed by atoms with van der Waals surface area (Å²) in [5.74, 6) is -1.19. The molecule has 0 bridgehead atoms. The molecule has 0 radical (unpaired) electrons. The first-order valence-corrected chi connectivity index (χ1v) is 21.3. The Bertz CT molecular complexity index is 3170. The summed E-state index contributed by atoms with van der Waals surface area (Å²) in [5.41, 5.74) is 8.22. The Kier molecular flexibility index (Phi) is 8.54. The predicted molar refractivity (Wildman–Crippen MR) is 246 cm³/mol. The highest BCUT2D eigenvalue weighted by Gasteiger charge is 2.41. The van der Waals surface area contributed by atoms with Gasteiger partial charge < -0.3 is 5.11 Å². The first-order valence-electron chi connectivity index (χ1n) is 21.3. The molecule has 10 rings (SSSR count). The van der Waals surface area contributed by atoms with Crippen LogP contribution in [0.3, 0.4) is 0 Å². The van der Waals surface area contributed by atoms with Crippen molar-refractivity contribution in [3.8, 4) is 16.9 Å². The summed E-state index contributed by atoms with van der Waals surface area (Å²) in [6.45, 7) is 16.6. The number of phenolic OH excluding ortho intramolecular Hbond substituents is 1. The van der Waals surface area contributed by atoms with Gasteiger partial charge >= 0.3 is 0 Å². The number of benzene rings is 8. The molecular weight excluding hydrogens is 757 g/mol. The van der Waals surface area contributed by atoms with Crippen molar-refractivity contribution in [1.29, 1.82) is 0 Å². The van der Waals surface area contributed by atoms with E-state index in [0.717, 1.165) is 65.7 Å². The zero-order valence-electron chi connectivity index (χ0n) is 35.6. The number of para-hydroxylation sites is 2. The van der Waals surface area contributed by atoms with Gasteiger partial charge in [-0.05, 0) is 126 Å². The fourth-order valence-corrected chi connectivity index (χ4v) is 10.2. The van der Waals surface area contributed by atoms with E-state index in [-0.39, 0.29) is 47.1 Å². The Labute approximate surface area is 354 Å². The van der Waals surface area contributed by atoms with Gasteiger partial charge in [0.05, 0.1) is 11.4 Å². The van der Waals surface area contributed by atoms with Crippen molar-refractivity contribution in [2.24, 2.45) is 0 Å². The van der Waals surface area contributed by atoms with Gasteiger partial charge in [-0.25, -0.2) is 9.80 Å². The third-order valence-electron chi connectivity index (χ3n) is 13.0. The summed E-state index contributed by atoms with van der Waals surface area (Å²) >= 11 is 0. The van der Waals surface area contributed by atoms with Crippen molar-refractivity contribution >= 4 is 78.1 Å². The van der Waals surface area contributed by atoms with E-state index in [9.17, 15) is 14.7 Å². The van der Waals surface area contributed by atoms with Crippen LogP contribution in [0, 0.1) is 0 Å². The number of carbonyl (C=O) groups excluding carboxylic acids is 4. The SMILES string of the molecule is CC(C)c1cccc(C(C)C)c1N1C(=O)c2ccc3c4ccc5c6c(cc(-c7ccc(O)cc7)c(c7ccc(c2c37)C1=O)c64)C(=O)N(c1c(C(C)C)cccc1C(C)C)C5=O. The van der Waals surface area contributed by atoms with E-state index in [1.807, 2.05) is 91.0 Å². The largest absolute Gasteiger partial charge is 0.508 e. The van der Waals surface area contributed by atoms with Crippen LogP contribution in [0.1, 0.15) is 143 Å². The number of phenols is 1. The molecule has 302 valence electrons. The summed E-state index contributed by atoms with van der Waals surface area (Å²) in [7, 11) is 0. The van der Waals surface area contributed by atoms with Gasteiger partial charge in [0.15, 0.2) is 0 Å². The molecule has 8 aromatic carbocycles. The van der Waals surface area contributed by atoms with E-state index in [4.69, 9.17) is 0 Å². The second kappa shape index (κ2) is 13.6. The van der Waals surface area contributed by atoms with Crippen LogP contribution in [0.15, 0.2) is 103 Å². The van der Waals surface area contributed by atoms with E-state index in [1.165, 1.54) is 9.80 Å². The molecule has 0 fully saturated rings. The second-order valence-corrected chi connectivity index (χ2v) is 18.0. The quantitative estimate of drug-likeness (QED) is 0.0983. The number of fused-ring (bicyclic) bond motifs is 2. The summed E-state index contributed by atoms with van der Waals surface area (Å²) in [5, 5.41) is 16.3. The van der Waals surface area contributed by atoms with Gasteiger partial charge in [0.2, 0.25) is 0 Å². The van der Waals surface area contributed by atoms with Gasteiger partial charge in [-0.3, -0.25) is 19.2 Å². The Morgan fingerprint density at radius 1 is 0.377 bits per heavy atom. The van der Waals surface area contributed by atoms with Gasteiger partial charge in [-0.15, -0.1) is 0 Å². The number of amides is 4. The molecule has 0 saturated heterocycles. The monoisotopic (exact) mass is 802 g/mol. The maximum Gasteiger partial charge on any atom is 0.266 e. The highest BCUT2D eigenvalue weighted by Crippen LogP contribution is 2.51. The van der Waals surface area contributed by atoms with E-state index < -0.39 is 5.91 Å². The zero-order chi connectivity index (χ0) is 42.9. The Morgan fingerprint density at radius 2 is 0.754 bits per heavy atom. The van der Waals surface area contributed by atoms with E-state index >= 15 is 9.59 Å². The lowest BCUT2D eigenvalue weighted by atomic mass is 9.79. The number of imide groups is 2. The first kappa shape index (κ1) is 38.3. The standard InChI is InChI=1S/C54H46N2O5/c1-26(2)32-11-9-12-33(27(3)4)49(32)55-51(58)39-22-19-36-37-20-23-41-47-43(54(61)56(53(41)60)50-34(28(5)6)13-10-14-35(50)29(7)8)25-42(30-15-17-31(57)18-16-30)45(48(37)47)38-21-24-40(52(55)59)46(39)44(36)38/h9-29,57H,1-8H3.